The number of fused-ring (bicyclic) bond motifs is 1. The van der Waals surface area contributed by atoms with Crippen molar-refractivity contribution in [3.05, 3.63) is 155 Å². The maximum absolute atomic E-state index is 8.83. The third-order valence-electron chi connectivity index (χ3n) is 7.58. The van der Waals surface area contributed by atoms with E-state index in [2.05, 4.69) is 109 Å². The molecule has 0 N–H and O–H groups in total. The third-order valence-corrected chi connectivity index (χ3v) is 7.58. The van der Waals surface area contributed by atoms with E-state index in [0.717, 1.165) is 28.9 Å². The fraction of sp³-hybridized carbons (Fsp3) is 0.132. The van der Waals surface area contributed by atoms with Crippen LogP contribution in [0.5, 0.6) is 11.5 Å². The Morgan fingerprint density at radius 2 is 1.26 bits per heavy atom. The molecule has 0 amide bonds. The number of nitriles is 1. The van der Waals surface area contributed by atoms with Crippen molar-refractivity contribution < 1.29 is 9.47 Å². The summed E-state index contributed by atoms with van der Waals surface area (Å²) >= 11 is 0. The van der Waals surface area contributed by atoms with Gasteiger partial charge in [-0.3, -0.25) is 0 Å². The zero-order chi connectivity index (χ0) is 28.7. The number of aryl methyl sites for hydroxylation is 1. The van der Waals surface area contributed by atoms with Crippen molar-refractivity contribution in [1.82, 2.24) is 4.57 Å². The second-order valence-corrected chi connectivity index (χ2v) is 10.5. The molecule has 0 bridgehead atoms. The highest BCUT2D eigenvalue weighted by Gasteiger charge is 2.17. The smallest absolute Gasteiger partial charge is 0.174 e. The van der Waals surface area contributed by atoms with Crippen LogP contribution in [0.3, 0.4) is 0 Å². The second-order valence-electron chi connectivity index (χ2n) is 10.5. The predicted molar refractivity (Wildman–Crippen MR) is 169 cm³/mol. The molecule has 0 aliphatic carbocycles. The van der Waals surface area contributed by atoms with Crippen LogP contribution < -0.4 is 9.47 Å². The summed E-state index contributed by atoms with van der Waals surface area (Å²) in [5, 5.41) is 10.1. The van der Waals surface area contributed by atoms with Crippen molar-refractivity contribution in [2.45, 2.75) is 26.5 Å². The van der Waals surface area contributed by atoms with Gasteiger partial charge in [-0.2, -0.15) is 5.26 Å². The van der Waals surface area contributed by atoms with Gasteiger partial charge in [0.15, 0.2) is 6.61 Å². The normalized spacial score (nSPS) is 10.9. The van der Waals surface area contributed by atoms with Crippen molar-refractivity contribution in [2.75, 3.05) is 6.61 Å². The Kier molecular flexibility index (Phi) is 8.01. The lowest BCUT2D eigenvalue weighted by molar-refractivity contribution is 0.306. The Labute approximate surface area is 247 Å². The van der Waals surface area contributed by atoms with E-state index in [0.29, 0.717) is 18.9 Å². The number of benzene rings is 5. The molecule has 4 nitrogen and oxygen atoms in total. The number of aromatic nitrogens is 1. The molecule has 0 unspecified atom stereocenters. The molecule has 0 aliphatic heterocycles. The topological polar surface area (TPSA) is 47.2 Å². The molecule has 0 radical (unpaired) electrons. The Morgan fingerprint density at radius 1 is 0.643 bits per heavy atom. The predicted octanol–water partition coefficient (Wildman–Crippen LogP) is 8.74. The molecule has 6 aromatic rings. The minimum Gasteiger partial charge on any atom is -0.489 e. The molecule has 0 aliphatic rings. The largest absolute Gasteiger partial charge is 0.489 e. The molecule has 1 heterocycles. The molecule has 5 aromatic carbocycles. The van der Waals surface area contributed by atoms with Crippen LogP contribution >= 0.6 is 0 Å². The molecule has 0 spiro atoms. The van der Waals surface area contributed by atoms with Crippen molar-refractivity contribution in [2.24, 2.45) is 0 Å². The Bertz CT molecular complexity index is 1820. The Morgan fingerprint density at radius 3 is 1.95 bits per heavy atom. The van der Waals surface area contributed by atoms with Gasteiger partial charge >= 0.3 is 0 Å². The lowest BCUT2D eigenvalue weighted by atomic mass is 10.0. The van der Waals surface area contributed by atoms with Crippen LogP contribution in [-0.4, -0.2) is 11.2 Å². The Hall–Kier alpha value is -5.27. The molecular formula is C38H32N2O2. The molecule has 206 valence electrons. The zero-order valence-corrected chi connectivity index (χ0v) is 23.7. The monoisotopic (exact) mass is 548 g/mol. The van der Waals surface area contributed by atoms with E-state index in [1.807, 2.05) is 36.4 Å². The van der Waals surface area contributed by atoms with E-state index in [9.17, 15) is 0 Å². The van der Waals surface area contributed by atoms with E-state index < -0.39 is 0 Å². The number of hydrogen-bond donors (Lipinski definition) is 0. The second kappa shape index (κ2) is 12.5. The summed E-state index contributed by atoms with van der Waals surface area (Å²) in [4.78, 5) is 0. The van der Waals surface area contributed by atoms with Gasteiger partial charge in [0.2, 0.25) is 0 Å². The maximum Gasteiger partial charge on any atom is 0.174 e. The number of rotatable bonds is 10. The van der Waals surface area contributed by atoms with E-state index in [4.69, 9.17) is 14.7 Å². The molecule has 0 saturated carbocycles. The van der Waals surface area contributed by atoms with Crippen LogP contribution in [0.2, 0.25) is 0 Å². The molecule has 42 heavy (non-hydrogen) atoms. The summed E-state index contributed by atoms with van der Waals surface area (Å²) in [6, 6.07) is 46.1. The van der Waals surface area contributed by atoms with E-state index in [1.54, 1.807) is 0 Å². The summed E-state index contributed by atoms with van der Waals surface area (Å²) in [5.41, 5.74) is 9.71. The van der Waals surface area contributed by atoms with E-state index in [1.165, 1.54) is 33.3 Å². The summed E-state index contributed by atoms with van der Waals surface area (Å²) in [6.45, 7) is 3.51. The Balaban J connectivity index is 1.35. The quantitative estimate of drug-likeness (QED) is 0.172. The first kappa shape index (κ1) is 26.9. The minimum absolute atomic E-state index is 0.0430. The van der Waals surface area contributed by atoms with Crippen molar-refractivity contribution in [3.8, 4) is 28.8 Å². The van der Waals surface area contributed by atoms with Gasteiger partial charge in [-0.1, -0.05) is 78.9 Å². The van der Waals surface area contributed by atoms with Crippen LogP contribution in [-0.2, 0) is 19.6 Å². The van der Waals surface area contributed by atoms with Crippen molar-refractivity contribution >= 4 is 10.9 Å². The van der Waals surface area contributed by atoms with Crippen LogP contribution in [0.15, 0.2) is 127 Å². The van der Waals surface area contributed by atoms with Gasteiger partial charge in [0, 0.05) is 17.4 Å². The van der Waals surface area contributed by atoms with Gasteiger partial charge in [0.1, 0.15) is 24.2 Å². The fourth-order valence-electron chi connectivity index (χ4n) is 5.49. The van der Waals surface area contributed by atoms with Gasteiger partial charge in [-0.05, 0) is 95.3 Å². The van der Waals surface area contributed by atoms with Gasteiger partial charge in [0.05, 0.1) is 5.69 Å². The van der Waals surface area contributed by atoms with Crippen LogP contribution in [0.1, 0.15) is 27.8 Å². The van der Waals surface area contributed by atoms with Crippen LogP contribution in [0, 0.1) is 18.3 Å². The standard InChI is InChI=1S/C38H32N2O2/c1-28-36-25-32(24-29-8-4-2-5-9-29)14-21-37(36)40(26-30-12-17-34(18-13-30)41-23-22-39)38(28)33-15-19-35(20-16-33)42-27-31-10-6-3-7-11-31/h2-21,25H,23-24,26-27H2,1H3. The highest BCUT2D eigenvalue weighted by Crippen LogP contribution is 2.36. The zero-order valence-electron chi connectivity index (χ0n) is 23.7. The average Bonchev–Trinajstić information content (AvgIpc) is 3.31. The lowest BCUT2D eigenvalue weighted by Gasteiger charge is -2.14. The number of ether oxygens (including phenoxy) is 2. The van der Waals surface area contributed by atoms with Gasteiger partial charge in [0.25, 0.3) is 0 Å². The van der Waals surface area contributed by atoms with E-state index >= 15 is 0 Å². The van der Waals surface area contributed by atoms with Crippen molar-refractivity contribution in [3.63, 3.8) is 0 Å². The summed E-state index contributed by atoms with van der Waals surface area (Å²) in [7, 11) is 0. The molecule has 4 heteroatoms. The molecule has 0 atom stereocenters. The first-order valence-electron chi connectivity index (χ1n) is 14.2. The fourth-order valence-corrected chi connectivity index (χ4v) is 5.49. The SMILES string of the molecule is Cc1c(-c2ccc(OCc3ccccc3)cc2)n(Cc2ccc(OCC#N)cc2)c2ccc(Cc3ccccc3)cc12. The van der Waals surface area contributed by atoms with Gasteiger partial charge in [-0.25, -0.2) is 0 Å². The van der Waals surface area contributed by atoms with Crippen LogP contribution in [0.25, 0.3) is 22.2 Å². The van der Waals surface area contributed by atoms with Crippen molar-refractivity contribution in [1.29, 1.82) is 5.26 Å². The highest BCUT2D eigenvalue weighted by atomic mass is 16.5. The maximum atomic E-state index is 8.83. The number of nitrogens with zero attached hydrogens (tertiary/aromatic N) is 2. The molecule has 1 aromatic heterocycles. The molecular weight excluding hydrogens is 516 g/mol. The van der Waals surface area contributed by atoms with Crippen LogP contribution in [0.4, 0.5) is 0 Å². The molecule has 6 rings (SSSR count). The summed E-state index contributed by atoms with van der Waals surface area (Å²) in [6.07, 6.45) is 0.897. The first-order chi connectivity index (χ1) is 20.7. The average molecular weight is 549 g/mol. The lowest BCUT2D eigenvalue weighted by Crippen LogP contribution is -2.03. The number of hydrogen-bond acceptors (Lipinski definition) is 3. The highest BCUT2D eigenvalue weighted by molar-refractivity contribution is 5.92. The van der Waals surface area contributed by atoms with Gasteiger partial charge < -0.3 is 14.0 Å². The van der Waals surface area contributed by atoms with E-state index in [-0.39, 0.29) is 6.61 Å². The molecule has 0 saturated heterocycles. The third kappa shape index (κ3) is 6.06. The summed E-state index contributed by atoms with van der Waals surface area (Å²) in [5.74, 6) is 1.55. The first-order valence-corrected chi connectivity index (χ1v) is 14.2. The van der Waals surface area contributed by atoms with Gasteiger partial charge in [-0.15, -0.1) is 0 Å². The minimum atomic E-state index is 0.0430. The summed E-state index contributed by atoms with van der Waals surface area (Å²) < 4.78 is 13.9. The molecule has 0 fully saturated rings.